The number of carbonyl (C=O) groups excluding carboxylic acids is 1. The summed E-state index contributed by atoms with van der Waals surface area (Å²) in [5.74, 6) is 0.450. The van der Waals surface area contributed by atoms with Gasteiger partial charge in [0.05, 0.1) is 11.7 Å². The number of aromatic nitrogens is 2. The normalized spacial score (nSPS) is 17.6. The Hall–Kier alpha value is -2.56. The summed E-state index contributed by atoms with van der Waals surface area (Å²) < 4.78 is 6.02. The third-order valence-corrected chi connectivity index (χ3v) is 5.39. The van der Waals surface area contributed by atoms with E-state index < -0.39 is 0 Å². The van der Waals surface area contributed by atoms with Crippen molar-refractivity contribution in [2.45, 2.75) is 46.6 Å². The van der Waals surface area contributed by atoms with Crippen LogP contribution in [0.4, 0.5) is 0 Å². The van der Waals surface area contributed by atoms with Crippen molar-refractivity contribution in [1.29, 1.82) is 0 Å². The first kappa shape index (κ1) is 15.9. The molecule has 1 aliphatic rings. The van der Waals surface area contributed by atoms with Gasteiger partial charge >= 0.3 is 0 Å². The predicted octanol–water partition coefficient (Wildman–Crippen LogP) is 4.37. The number of H-pyrrole nitrogens is 1. The van der Waals surface area contributed by atoms with E-state index in [2.05, 4.69) is 10.2 Å². The van der Waals surface area contributed by atoms with Gasteiger partial charge in [0.1, 0.15) is 5.58 Å². The molecular formula is C20H23N3O2. The molecule has 130 valence electrons. The first-order valence-electron chi connectivity index (χ1n) is 8.80. The van der Waals surface area contributed by atoms with E-state index in [1.807, 2.05) is 50.8 Å². The average Bonchev–Trinajstić information content (AvgIpc) is 3.27. The number of benzene rings is 1. The summed E-state index contributed by atoms with van der Waals surface area (Å²) in [5, 5.41) is 8.37. The van der Waals surface area contributed by atoms with Gasteiger partial charge in [-0.25, -0.2) is 0 Å². The second-order valence-corrected chi connectivity index (χ2v) is 7.01. The van der Waals surface area contributed by atoms with Crippen LogP contribution < -0.4 is 0 Å². The van der Waals surface area contributed by atoms with Crippen molar-refractivity contribution in [1.82, 2.24) is 15.1 Å². The zero-order chi connectivity index (χ0) is 17.7. The van der Waals surface area contributed by atoms with Gasteiger partial charge in [-0.3, -0.25) is 9.89 Å². The van der Waals surface area contributed by atoms with Crippen LogP contribution in [0.15, 0.2) is 22.6 Å². The van der Waals surface area contributed by atoms with Gasteiger partial charge in [-0.15, -0.1) is 0 Å². The van der Waals surface area contributed by atoms with Gasteiger partial charge in [0.2, 0.25) is 0 Å². The highest BCUT2D eigenvalue weighted by Gasteiger charge is 2.35. The Kier molecular flexibility index (Phi) is 3.67. The molecule has 1 N–H and O–H groups in total. The molecule has 0 spiro atoms. The molecule has 25 heavy (non-hydrogen) atoms. The third kappa shape index (κ3) is 2.37. The molecular weight excluding hydrogens is 314 g/mol. The van der Waals surface area contributed by atoms with Crippen LogP contribution in [0.1, 0.15) is 57.5 Å². The highest BCUT2D eigenvalue weighted by Crippen LogP contribution is 2.37. The second-order valence-electron chi connectivity index (χ2n) is 7.01. The Morgan fingerprint density at radius 1 is 1.28 bits per heavy atom. The van der Waals surface area contributed by atoms with Gasteiger partial charge in [-0.05, 0) is 46.1 Å². The molecule has 4 rings (SSSR count). The van der Waals surface area contributed by atoms with Crippen LogP contribution in [0.3, 0.4) is 0 Å². The number of nitrogens with one attached hydrogen (secondary N) is 1. The number of aryl methyl sites for hydroxylation is 4. The van der Waals surface area contributed by atoms with Gasteiger partial charge in [-0.2, -0.15) is 5.10 Å². The second kappa shape index (κ2) is 5.76. The van der Waals surface area contributed by atoms with Crippen LogP contribution in [-0.4, -0.2) is 27.5 Å². The van der Waals surface area contributed by atoms with E-state index in [-0.39, 0.29) is 11.9 Å². The van der Waals surface area contributed by atoms with Gasteiger partial charge in [0.15, 0.2) is 5.76 Å². The van der Waals surface area contributed by atoms with E-state index in [0.717, 1.165) is 58.4 Å². The number of fused-ring (bicyclic) bond motifs is 1. The minimum atomic E-state index is -0.0180. The maximum atomic E-state index is 13.3. The molecule has 0 aliphatic carbocycles. The Balaban J connectivity index is 1.76. The SMILES string of the molecule is Cc1n[nH]c(C)c1C1CCCN1C(=O)c1oc2c(C)cccc2c1C. The molecule has 1 fully saturated rings. The molecule has 5 heteroatoms. The molecule has 1 atom stereocenters. The number of furan rings is 1. The first-order valence-corrected chi connectivity index (χ1v) is 8.80. The highest BCUT2D eigenvalue weighted by molar-refractivity contribution is 5.99. The minimum absolute atomic E-state index is 0.0180. The summed E-state index contributed by atoms with van der Waals surface area (Å²) >= 11 is 0. The molecule has 3 heterocycles. The van der Waals surface area contributed by atoms with Crippen LogP contribution in [0, 0.1) is 27.7 Å². The van der Waals surface area contributed by atoms with E-state index >= 15 is 0 Å². The Labute approximate surface area is 147 Å². The standard InChI is InChI=1S/C20H23N3O2/c1-11-7-5-8-15-12(2)19(25-18(11)15)20(24)23-10-6-9-16(23)17-13(3)21-22-14(17)4/h5,7-8,16H,6,9-10H2,1-4H3,(H,21,22). The van der Waals surface area contributed by atoms with Crippen LogP contribution >= 0.6 is 0 Å². The summed E-state index contributed by atoms with van der Waals surface area (Å²) in [7, 11) is 0. The molecule has 1 aromatic carbocycles. The van der Waals surface area contributed by atoms with Crippen LogP contribution in [-0.2, 0) is 0 Å². The molecule has 1 amide bonds. The topological polar surface area (TPSA) is 62.1 Å². The van der Waals surface area contributed by atoms with Gasteiger partial charge in [0, 0.05) is 28.8 Å². The van der Waals surface area contributed by atoms with E-state index in [1.54, 1.807) is 0 Å². The summed E-state index contributed by atoms with van der Waals surface area (Å²) in [5.41, 5.74) is 5.96. The number of hydrogen-bond acceptors (Lipinski definition) is 3. The molecule has 1 unspecified atom stereocenters. The quantitative estimate of drug-likeness (QED) is 0.755. The van der Waals surface area contributed by atoms with Gasteiger partial charge in [-0.1, -0.05) is 18.2 Å². The van der Waals surface area contributed by atoms with Crippen molar-refractivity contribution < 1.29 is 9.21 Å². The van der Waals surface area contributed by atoms with Crippen molar-refractivity contribution in [2.24, 2.45) is 0 Å². The number of carbonyl (C=O) groups is 1. The fourth-order valence-corrected chi connectivity index (χ4v) is 4.08. The summed E-state index contributed by atoms with van der Waals surface area (Å²) in [4.78, 5) is 15.2. The Morgan fingerprint density at radius 3 is 2.76 bits per heavy atom. The number of likely N-dealkylation sites (tertiary alicyclic amines) is 1. The lowest BCUT2D eigenvalue weighted by Gasteiger charge is -2.24. The number of amides is 1. The fourth-order valence-electron chi connectivity index (χ4n) is 4.08. The van der Waals surface area contributed by atoms with E-state index in [4.69, 9.17) is 4.42 Å². The molecule has 0 bridgehead atoms. The van der Waals surface area contributed by atoms with Crippen molar-refractivity contribution in [3.05, 3.63) is 52.0 Å². The lowest BCUT2D eigenvalue weighted by atomic mass is 10.0. The maximum Gasteiger partial charge on any atom is 0.290 e. The number of para-hydroxylation sites is 1. The van der Waals surface area contributed by atoms with Crippen molar-refractivity contribution in [3.63, 3.8) is 0 Å². The first-order chi connectivity index (χ1) is 12.0. The zero-order valence-electron chi connectivity index (χ0n) is 15.1. The van der Waals surface area contributed by atoms with Crippen molar-refractivity contribution in [2.75, 3.05) is 6.54 Å². The molecule has 5 nitrogen and oxygen atoms in total. The Morgan fingerprint density at radius 2 is 2.08 bits per heavy atom. The third-order valence-electron chi connectivity index (χ3n) is 5.39. The van der Waals surface area contributed by atoms with Gasteiger partial charge in [0.25, 0.3) is 5.91 Å². The minimum Gasteiger partial charge on any atom is -0.450 e. The van der Waals surface area contributed by atoms with Crippen LogP contribution in [0.5, 0.6) is 0 Å². The largest absolute Gasteiger partial charge is 0.450 e. The number of hydrogen-bond donors (Lipinski definition) is 1. The molecule has 2 aromatic heterocycles. The summed E-state index contributed by atoms with van der Waals surface area (Å²) in [6, 6.07) is 6.10. The monoisotopic (exact) mass is 337 g/mol. The smallest absolute Gasteiger partial charge is 0.290 e. The molecule has 3 aromatic rings. The lowest BCUT2D eigenvalue weighted by molar-refractivity contribution is 0.0704. The number of rotatable bonds is 2. The maximum absolute atomic E-state index is 13.3. The fraction of sp³-hybridized carbons (Fsp3) is 0.400. The zero-order valence-corrected chi connectivity index (χ0v) is 15.1. The van der Waals surface area contributed by atoms with Crippen LogP contribution in [0.25, 0.3) is 11.0 Å². The average molecular weight is 337 g/mol. The molecule has 1 aliphatic heterocycles. The summed E-state index contributed by atoms with van der Waals surface area (Å²) in [6.45, 7) is 8.75. The number of aromatic amines is 1. The van der Waals surface area contributed by atoms with Crippen molar-refractivity contribution >= 4 is 16.9 Å². The van der Waals surface area contributed by atoms with Crippen molar-refractivity contribution in [3.8, 4) is 0 Å². The predicted molar refractivity (Wildman–Crippen MR) is 96.8 cm³/mol. The van der Waals surface area contributed by atoms with E-state index in [1.165, 1.54) is 0 Å². The lowest BCUT2D eigenvalue weighted by Crippen LogP contribution is -2.31. The van der Waals surface area contributed by atoms with Gasteiger partial charge < -0.3 is 9.32 Å². The van der Waals surface area contributed by atoms with E-state index in [0.29, 0.717) is 5.76 Å². The summed E-state index contributed by atoms with van der Waals surface area (Å²) in [6.07, 6.45) is 1.96. The molecule has 0 saturated carbocycles. The van der Waals surface area contributed by atoms with Crippen LogP contribution in [0.2, 0.25) is 0 Å². The highest BCUT2D eigenvalue weighted by atomic mass is 16.3. The van der Waals surface area contributed by atoms with E-state index in [9.17, 15) is 4.79 Å². The Bertz CT molecular complexity index is 947. The molecule has 0 radical (unpaired) electrons. The molecule has 1 saturated heterocycles. The number of nitrogens with zero attached hydrogens (tertiary/aromatic N) is 2.